The first-order valence-electron chi connectivity index (χ1n) is 11.2. The SMILES string of the molecule is COC1=CC(=O)c2c(O)c3c(c(O)c2C1=O)C(=O)[C@]1(CCc2cc4cc(C=NO)[nH]c(=O)c4c(O)c21)C3=O. The van der Waals surface area contributed by atoms with E-state index in [1.54, 1.807) is 0 Å². The van der Waals surface area contributed by atoms with Crippen molar-refractivity contribution in [3.05, 3.63) is 73.4 Å². The fourth-order valence-electron chi connectivity index (χ4n) is 5.89. The number of aromatic amines is 1. The number of rotatable bonds is 2. The number of fused-ring (bicyclic) bond motifs is 5. The van der Waals surface area contributed by atoms with E-state index >= 15 is 0 Å². The molecule has 0 bridgehead atoms. The van der Waals surface area contributed by atoms with Crippen molar-refractivity contribution in [1.29, 1.82) is 0 Å². The number of hydrogen-bond acceptors (Lipinski definition) is 11. The Kier molecular flexibility index (Phi) is 4.50. The number of aromatic nitrogens is 1. The number of ketones is 4. The number of ether oxygens (including phenoxy) is 1. The van der Waals surface area contributed by atoms with E-state index in [0.717, 1.165) is 19.4 Å². The molecule has 0 saturated heterocycles. The first kappa shape index (κ1) is 23.2. The zero-order valence-electron chi connectivity index (χ0n) is 19.4. The van der Waals surface area contributed by atoms with Gasteiger partial charge in [-0.3, -0.25) is 24.0 Å². The van der Waals surface area contributed by atoms with Crippen LogP contribution in [0.2, 0.25) is 0 Å². The molecule has 2 aromatic carbocycles. The predicted octanol–water partition coefficient (Wildman–Crippen LogP) is 1.63. The number of carbonyl (C=O) groups is 4. The number of methoxy groups -OCH3 is 1. The van der Waals surface area contributed by atoms with Crippen LogP contribution in [0.5, 0.6) is 17.2 Å². The molecule has 12 nitrogen and oxygen atoms in total. The van der Waals surface area contributed by atoms with Gasteiger partial charge in [-0.05, 0) is 29.9 Å². The molecule has 1 spiro atoms. The molecule has 0 unspecified atom stereocenters. The number of hydrogen-bond donors (Lipinski definition) is 5. The molecule has 38 heavy (non-hydrogen) atoms. The molecule has 12 heteroatoms. The van der Waals surface area contributed by atoms with Gasteiger partial charge in [-0.2, -0.15) is 0 Å². The Bertz CT molecular complexity index is 1850. The average molecular weight is 516 g/mol. The van der Waals surface area contributed by atoms with E-state index in [4.69, 9.17) is 9.94 Å². The second-order valence-corrected chi connectivity index (χ2v) is 9.19. The summed E-state index contributed by atoms with van der Waals surface area (Å²) in [5.74, 6) is -6.81. The molecule has 5 N–H and O–H groups in total. The summed E-state index contributed by atoms with van der Waals surface area (Å²) >= 11 is 0. The maximum absolute atomic E-state index is 13.9. The minimum Gasteiger partial charge on any atom is -0.507 e. The summed E-state index contributed by atoms with van der Waals surface area (Å²) in [6.07, 6.45) is 1.72. The zero-order chi connectivity index (χ0) is 27.3. The summed E-state index contributed by atoms with van der Waals surface area (Å²) in [6.45, 7) is 0. The number of carbonyl (C=O) groups excluding carboxylic acids is 4. The van der Waals surface area contributed by atoms with Crippen molar-refractivity contribution >= 4 is 40.1 Å². The molecule has 6 rings (SSSR count). The number of aromatic hydroxyl groups is 3. The zero-order valence-corrected chi connectivity index (χ0v) is 19.4. The molecule has 1 atom stereocenters. The van der Waals surface area contributed by atoms with E-state index in [9.17, 15) is 39.3 Å². The Morgan fingerprint density at radius 3 is 2.24 bits per heavy atom. The lowest BCUT2D eigenvalue weighted by Gasteiger charge is -2.22. The largest absolute Gasteiger partial charge is 0.507 e. The summed E-state index contributed by atoms with van der Waals surface area (Å²) in [6, 6.07) is 2.94. The van der Waals surface area contributed by atoms with Crippen molar-refractivity contribution in [1.82, 2.24) is 4.98 Å². The van der Waals surface area contributed by atoms with Gasteiger partial charge in [0.05, 0.1) is 46.7 Å². The van der Waals surface area contributed by atoms with Gasteiger partial charge in [-0.25, -0.2) is 0 Å². The van der Waals surface area contributed by atoms with Crippen molar-refractivity contribution in [3.63, 3.8) is 0 Å². The van der Waals surface area contributed by atoms with Gasteiger partial charge in [-0.1, -0.05) is 11.2 Å². The molecule has 0 aliphatic heterocycles. The van der Waals surface area contributed by atoms with Crippen LogP contribution < -0.4 is 5.56 Å². The fraction of sp³-hybridized carbons (Fsp3) is 0.154. The first-order chi connectivity index (χ1) is 18.1. The van der Waals surface area contributed by atoms with Gasteiger partial charge in [0.2, 0.25) is 5.78 Å². The molecule has 0 fully saturated rings. The third-order valence-corrected chi connectivity index (χ3v) is 7.46. The van der Waals surface area contributed by atoms with Gasteiger partial charge in [-0.15, -0.1) is 0 Å². The monoisotopic (exact) mass is 516 g/mol. The van der Waals surface area contributed by atoms with Crippen LogP contribution in [0, 0.1) is 0 Å². The van der Waals surface area contributed by atoms with Crippen LogP contribution in [0.4, 0.5) is 0 Å². The van der Waals surface area contributed by atoms with Crippen molar-refractivity contribution in [2.45, 2.75) is 18.3 Å². The number of H-pyrrole nitrogens is 1. The van der Waals surface area contributed by atoms with Gasteiger partial charge < -0.3 is 30.2 Å². The first-order valence-corrected chi connectivity index (χ1v) is 11.2. The minimum atomic E-state index is -2.11. The Hall–Kier alpha value is -5.26. The van der Waals surface area contributed by atoms with Crippen LogP contribution in [0.25, 0.3) is 10.8 Å². The van der Waals surface area contributed by atoms with E-state index in [1.165, 1.54) is 12.1 Å². The number of allylic oxidation sites excluding steroid dienone is 2. The quantitative estimate of drug-likeness (QED) is 0.109. The third kappa shape index (κ3) is 2.53. The molecular formula is C26H16N2O10. The highest BCUT2D eigenvalue weighted by Crippen LogP contribution is 2.57. The molecule has 0 radical (unpaired) electrons. The predicted molar refractivity (Wildman–Crippen MR) is 128 cm³/mol. The van der Waals surface area contributed by atoms with Crippen molar-refractivity contribution < 1.29 is 44.4 Å². The number of nitrogens with one attached hydrogen (secondary N) is 1. The number of phenolic OH excluding ortho intramolecular Hbond substituents is 3. The Labute approximate surface area is 211 Å². The standard InChI is InChI=1S/C26H16N2O10/c1-38-12-6-11(29)14-15(19(12)30)21(32)17-16(20(14)31)23(34)26(24(17)35)3-2-8-4-9-5-10(7-27-37)28-25(36)13(9)22(33)18(8)26/h4-7,31-33,37H,2-3H2,1H3,(H,28,36)/t26-/m0/s1. The summed E-state index contributed by atoms with van der Waals surface area (Å²) in [4.78, 5) is 68.6. The average Bonchev–Trinajstić information content (AvgIpc) is 3.36. The molecule has 0 saturated carbocycles. The van der Waals surface area contributed by atoms with Crippen LogP contribution in [0.1, 0.15) is 64.7 Å². The smallest absolute Gasteiger partial charge is 0.260 e. The highest BCUT2D eigenvalue weighted by atomic mass is 16.5. The highest BCUT2D eigenvalue weighted by Gasteiger charge is 2.61. The minimum absolute atomic E-state index is 0.106. The summed E-state index contributed by atoms with van der Waals surface area (Å²) < 4.78 is 4.88. The Balaban J connectivity index is 1.64. The maximum atomic E-state index is 13.9. The normalized spacial score (nSPS) is 19.9. The molecular weight excluding hydrogens is 500 g/mol. The van der Waals surface area contributed by atoms with E-state index in [2.05, 4.69) is 10.1 Å². The second kappa shape index (κ2) is 7.38. The second-order valence-electron chi connectivity index (χ2n) is 9.19. The van der Waals surface area contributed by atoms with E-state index in [-0.39, 0.29) is 34.9 Å². The van der Waals surface area contributed by atoms with Gasteiger partial charge in [0.1, 0.15) is 22.7 Å². The van der Waals surface area contributed by atoms with Crippen molar-refractivity contribution in [2.24, 2.45) is 5.16 Å². The van der Waals surface area contributed by atoms with Crippen molar-refractivity contribution in [3.8, 4) is 17.2 Å². The molecule has 3 aliphatic rings. The number of benzene rings is 2. The lowest BCUT2D eigenvalue weighted by Crippen LogP contribution is -2.36. The van der Waals surface area contributed by atoms with E-state index in [1.807, 2.05) is 0 Å². The van der Waals surface area contributed by atoms with Crippen LogP contribution in [-0.4, -0.2) is 62.0 Å². The van der Waals surface area contributed by atoms with Gasteiger partial charge in [0, 0.05) is 11.6 Å². The number of oxime groups is 1. The number of phenols is 3. The highest BCUT2D eigenvalue weighted by molar-refractivity contribution is 6.38. The summed E-state index contributed by atoms with van der Waals surface area (Å²) in [5, 5.41) is 45.0. The van der Waals surface area contributed by atoms with Gasteiger partial charge in [0.25, 0.3) is 5.56 Å². The Morgan fingerprint density at radius 2 is 1.61 bits per heavy atom. The van der Waals surface area contributed by atoms with E-state index in [0.29, 0.717) is 5.56 Å². The molecule has 1 heterocycles. The Morgan fingerprint density at radius 1 is 0.947 bits per heavy atom. The van der Waals surface area contributed by atoms with Crippen LogP contribution in [0.15, 0.2) is 33.9 Å². The van der Waals surface area contributed by atoms with Crippen LogP contribution in [0.3, 0.4) is 0 Å². The molecule has 3 aromatic rings. The number of aryl methyl sites for hydroxylation is 1. The molecule has 3 aliphatic carbocycles. The lowest BCUT2D eigenvalue weighted by molar-refractivity contribution is 0.0790. The molecule has 190 valence electrons. The molecule has 1 aromatic heterocycles. The molecule has 0 amide bonds. The topological polar surface area (TPSA) is 204 Å². The van der Waals surface area contributed by atoms with Crippen molar-refractivity contribution in [2.75, 3.05) is 7.11 Å². The lowest BCUT2D eigenvalue weighted by atomic mass is 9.76. The summed E-state index contributed by atoms with van der Waals surface area (Å²) in [7, 11) is 1.12. The number of Topliss-reactive ketones (excluding diaryl/α,β-unsaturated/α-hetero) is 3. The van der Waals surface area contributed by atoms with Crippen LogP contribution in [-0.2, 0) is 16.6 Å². The van der Waals surface area contributed by atoms with Gasteiger partial charge >= 0.3 is 0 Å². The summed E-state index contributed by atoms with van der Waals surface area (Å²) in [5.41, 5.74) is -5.16. The van der Waals surface area contributed by atoms with E-state index < -0.39 is 79.4 Å². The number of nitrogens with zero attached hydrogens (tertiary/aromatic N) is 1. The maximum Gasteiger partial charge on any atom is 0.260 e. The fourth-order valence-corrected chi connectivity index (χ4v) is 5.89. The van der Waals surface area contributed by atoms with Gasteiger partial charge in [0.15, 0.2) is 23.1 Å². The van der Waals surface area contributed by atoms with Crippen LogP contribution >= 0.6 is 0 Å². The number of pyridine rings is 1. The third-order valence-electron chi connectivity index (χ3n) is 7.46.